The number of carbonyl (C=O) groups excluding carboxylic acids is 2. The number of H-pyrrole nitrogens is 1. The Labute approximate surface area is 217 Å². The van der Waals surface area contributed by atoms with Crippen molar-refractivity contribution in [2.45, 2.75) is 63.5 Å². The van der Waals surface area contributed by atoms with Crippen molar-refractivity contribution in [2.75, 3.05) is 33.2 Å². The number of unbranched alkanes of at least 4 members (excludes halogenated alkanes) is 2. The van der Waals surface area contributed by atoms with E-state index in [4.69, 9.17) is 4.99 Å². The maximum Gasteiger partial charge on any atom is 0.253 e. The number of hydrogen-bond donors (Lipinski definition) is 4. The molecular weight excluding hydrogens is 468 g/mol. The van der Waals surface area contributed by atoms with E-state index in [1.807, 2.05) is 30.3 Å². The van der Waals surface area contributed by atoms with E-state index in [-0.39, 0.29) is 34.9 Å². The predicted molar refractivity (Wildman–Crippen MR) is 145 cm³/mol. The predicted octanol–water partition coefficient (Wildman–Crippen LogP) is 2.24. The van der Waals surface area contributed by atoms with Crippen LogP contribution in [0.2, 0.25) is 0 Å². The third-order valence-corrected chi connectivity index (χ3v) is 8.44. The summed E-state index contributed by atoms with van der Waals surface area (Å²) in [6.45, 7) is 3.43. The van der Waals surface area contributed by atoms with Gasteiger partial charge in [-0.25, -0.2) is 0 Å². The molecule has 1 aromatic heterocycles. The normalized spacial score (nSPS) is 25.4. The first-order valence-corrected chi connectivity index (χ1v) is 13.6. The van der Waals surface area contributed by atoms with Crippen LogP contribution < -0.4 is 21.5 Å². The average Bonchev–Trinajstić information content (AvgIpc) is 3.42. The second-order valence-electron chi connectivity index (χ2n) is 10.7. The molecule has 4 aliphatic rings. The molecular formula is C28H38N6O3. The summed E-state index contributed by atoms with van der Waals surface area (Å²) in [5.74, 6) is 0.943. The Morgan fingerprint density at radius 2 is 1.89 bits per heavy atom. The molecule has 0 aliphatic carbocycles. The molecule has 0 spiro atoms. The molecule has 2 amide bonds. The van der Waals surface area contributed by atoms with E-state index in [0.29, 0.717) is 18.5 Å². The third kappa shape index (κ3) is 5.56. The number of amides is 2. The van der Waals surface area contributed by atoms with Gasteiger partial charge in [-0.15, -0.1) is 0 Å². The number of nitrogens with one attached hydrogen (secondary N) is 4. The standard InChI is InChI=1S/C28H38N6O3/c1-29-24(35)10-4-2-3-9-22(33-27(37)28-11-14-34(15-12-28)16-13-28)25-30-18-23(31-25)20-17-19-7-5-6-8-21(19)32-26(20)36/h5-8,17,22-23H,2-4,9-16,18H2,1H3,(H,29,35)(H,30,31)(H,32,36)(H,33,37)/t22-,23?/m0/s1. The summed E-state index contributed by atoms with van der Waals surface area (Å²) in [4.78, 5) is 48.2. The molecule has 3 saturated heterocycles. The zero-order valence-corrected chi connectivity index (χ0v) is 21.6. The van der Waals surface area contributed by atoms with E-state index < -0.39 is 0 Å². The van der Waals surface area contributed by atoms with Crippen molar-refractivity contribution in [1.82, 2.24) is 25.8 Å². The molecule has 2 atom stereocenters. The van der Waals surface area contributed by atoms with E-state index in [2.05, 4.69) is 25.8 Å². The average molecular weight is 507 g/mol. The molecule has 6 rings (SSSR count). The van der Waals surface area contributed by atoms with Gasteiger partial charge >= 0.3 is 0 Å². The number of carbonyl (C=O) groups is 2. The highest BCUT2D eigenvalue weighted by Gasteiger charge is 2.46. The number of rotatable bonds is 10. The van der Waals surface area contributed by atoms with Crippen LogP contribution in [0.25, 0.3) is 10.9 Å². The van der Waals surface area contributed by atoms with E-state index in [1.54, 1.807) is 7.05 Å². The number of piperidine rings is 3. The van der Waals surface area contributed by atoms with Crippen molar-refractivity contribution < 1.29 is 9.59 Å². The molecule has 9 nitrogen and oxygen atoms in total. The lowest BCUT2D eigenvalue weighted by Gasteiger charge is -2.47. The molecule has 4 aliphatic heterocycles. The van der Waals surface area contributed by atoms with Gasteiger partial charge in [0.2, 0.25) is 11.8 Å². The molecule has 37 heavy (non-hydrogen) atoms. The quantitative estimate of drug-likeness (QED) is 0.369. The SMILES string of the molecule is CNC(=O)CCCCC[C@H](NC(=O)C12CCN(CC1)CC2)C1=NCC(c2cc3ccccc3[nH]c2=O)N1. The molecule has 2 aromatic rings. The van der Waals surface area contributed by atoms with Crippen molar-refractivity contribution in [2.24, 2.45) is 10.4 Å². The third-order valence-electron chi connectivity index (χ3n) is 8.44. The van der Waals surface area contributed by atoms with Gasteiger partial charge in [0, 0.05) is 24.5 Å². The number of aromatic amines is 1. The zero-order chi connectivity index (χ0) is 25.8. The number of para-hydroxylation sites is 1. The van der Waals surface area contributed by atoms with Crippen LogP contribution in [0, 0.1) is 5.41 Å². The first-order valence-electron chi connectivity index (χ1n) is 13.6. The van der Waals surface area contributed by atoms with Crippen molar-refractivity contribution in [3.63, 3.8) is 0 Å². The fourth-order valence-electron chi connectivity index (χ4n) is 5.96. The largest absolute Gasteiger partial charge is 0.363 e. The van der Waals surface area contributed by atoms with Crippen molar-refractivity contribution >= 4 is 28.6 Å². The minimum atomic E-state index is -0.278. The first-order chi connectivity index (χ1) is 18.0. The highest BCUT2D eigenvalue weighted by atomic mass is 16.2. The maximum atomic E-state index is 13.6. The van der Waals surface area contributed by atoms with Gasteiger partial charge in [-0.05, 0) is 69.3 Å². The van der Waals surface area contributed by atoms with Gasteiger partial charge in [-0.1, -0.05) is 31.0 Å². The van der Waals surface area contributed by atoms with Crippen LogP contribution in [0.3, 0.4) is 0 Å². The summed E-state index contributed by atoms with van der Waals surface area (Å²) in [7, 11) is 1.66. The van der Waals surface area contributed by atoms with E-state index >= 15 is 0 Å². The monoisotopic (exact) mass is 506 g/mol. The fraction of sp³-hybridized carbons (Fsp3) is 0.571. The number of fused-ring (bicyclic) bond motifs is 4. The smallest absolute Gasteiger partial charge is 0.253 e. The number of nitrogens with zero attached hydrogens (tertiary/aromatic N) is 2. The first kappa shape index (κ1) is 25.4. The molecule has 3 fully saturated rings. The van der Waals surface area contributed by atoms with Crippen molar-refractivity contribution in [3.05, 3.63) is 46.2 Å². The van der Waals surface area contributed by atoms with Crippen LogP contribution in [0.1, 0.15) is 63.0 Å². The number of pyridine rings is 1. The van der Waals surface area contributed by atoms with Crippen LogP contribution in [-0.4, -0.2) is 66.8 Å². The topological polar surface area (TPSA) is 119 Å². The minimum Gasteiger partial charge on any atom is -0.363 e. The van der Waals surface area contributed by atoms with E-state index in [0.717, 1.165) is 81.3 Å². The second kappa shape index (κ2) is 11.0. The molecule has 5 heterocycles. The number of aromatic nitrogens is 1. The number of aliphatic imine (C=N–C) groups is 1. The summed E-state index contributed by atoms with van der Waals surface area (Å²) in [5.41, 5.74) is 1.08. The second-order valence-corrected chi connectivity index (χ2v) is 10.7. The fourth-order valence-corrected chi connectivity index (χ4v) is 5.96. The van der Waals surface area contributed by atoms with Crippen molar-refractivity contribution in [3.8, 4) is 0 Å². The summed E-state index contributed by atoms with van der Waals surface area (Å²) in [6, 6.07) is 9.23. The lowest BCUT2D eigenvalue weighted by atomic mass is 9.71. The Bertz CT molecular complexity index is 1220. The molecule has 0 saturated carbocycles. The molecule has 2 bridgehead atoms. The van der Waals surface area contributed by atoms with Gasteiger partial charge in [0.05, 0.1) is 24.0 Å². The summed E-state index contributed by atoms with van der Waals surface area (Å²) >= 11 is 0. The van der Waals surface area contributed by atoms with Crippen LogP contribution in [0.4, 0.5) is 0 Å². The Hall–Kier alpha value is -3.20. The highest BCUT2D eigenvalue weighted by molar-refractivity contribution is 5.94. The molecule has 4 N–H and O–H groups in total. The van der Waals surface area contributed by atoms with Gasteiger partial charge in [0.15, 0.2) is 0 Å². The Balaban J connectivity index is 1.27. The Kier molecular flexibility index (Phi) is 7.60. The van der Waals surface area contributed by atoms with Crippen LogP contribution >= 0.6 is 0 Å². The van der Waals surface area contributed by atoms with Gasteiger partial charge in [0.1, 0.15) is 5.84 Å². The van der Waals surface area contributed by atoms with Gasteiger partial charge in [-0.3, -0.25) is 19.4 Å². The lowest BCUT2D eigenvalue weighted by molar-refractivity contribution is -0.138. The maximum absolute atomic E-state index is 13.6. The van der Waals surface area contributed by atoms with Crippen LogP contribution in [0.5, 0.6) is 0 Å². The lowest BCUT2D eigenvalue weighted by Crippen LogP contribution is -2.58. The Morgan fingerprint density at radius 1 is 1.14 bits per heavy atom. The molecule has 0 radical (unpaired) electrons. The zero-order valence-electron chi connectivity index (χ0n) is 21.6. The minimum absolute atomic E-state index is 0.0536. The Morgan fingerprint density at radius 3 is 2.65 bits per heavy atom. The molecule has 9 heteroatoms. The van der Waals surface area contributed by atoms with Gasteiger partial charge < -0.3 is 25.8 Å². The number of amidine groups is 1. The summed E-state index contributed by atoms with van der Waals surface area (Å²) < 4.78 is 0. The molecule has 198 valence electrons. The highest BCUT2D eigenvalue weighted by Crippen LogP contribution is 2.40. The van der Waals surface area contributed by atoms with Gasteiger partial charge in [-0.2, -0.15) is 0 Å². The van der Waals surface area contributed by atoms with Crippen LogP contribution in [-0.2, 0) is 9.59 Å². The van der Waals surface area contributed by atoms with Crippen LogP contribution in [0.15, 0.2) is 40.1 Å². The van der Waals surface area contributed by atoms with E-state index in [1.165, 1.54) is 0 Å². The molecule has 1 unspecified atom stereocenters. The number of hydrogen-bond acceptors (Lipinski definition) is 6. The van der Waals surface area contributed by atoms with Crippen molar-refractivity contribution in [1.29, 1.82) is 0 Å². The van der Waals surface area contributed by atoms with E-state index in [9.17, 15) is 14.4 Å². The summed E-state index contributed by atoms with van der Waals surface area (Å²) in [5, 5.41) is 10.5. The van der Waals surface area contributed by atoms with Gasteiger partial charge in [0.25, 0.3) is 5.56 Å². The number of benzene rings is 1. The summed E-state index contributed by atoms with van der Waals surface area (Å²) in [6.07, 6.45) is 6.58. The molecule has 1 aromatic carbocycles.